The number of hydrogen-bond acceptors (Lipinski definition) is 4. The first-order chi connectivity index (χ1) is 10.5. The monoisotopic (exact) mass is 302 g/mol. The van der Waals surface area contributed by atoms with Gasteiger partial charge in [-0.3, -0.25) is 9.59 Å². The van der Waals surface area contributed by atoms with E-state index in [-0.39, 0.29) is 24.1 Å². The molecule has 0 amide bonds. The van der Waals surface area contributed by atoms with Gasteiger partial charge in [-0.1, -0.05) is 30.3 Å². The molecule has 0 fully saturated rings. The number of rotatable bonds is 2. The molecule has 4 heteroatoms. The third-order valence-corrected chi connectivity index (χ3v) is 3.66. The molecule has 0 radical (unpaired) electrons. The predicted octanol–water partition coefficient (Wildman–Crippen LogP) is 2.99. The number of aryl methyl sites for hydroxylation is 1. The molecule has 1 aliphatic rings. The van der Waals surface area contributed by atoms with E-state index in [0.29, 0.717) is 12.8 Å². The number of hydrogen-bond donors (Lipinski definition) is 0. The Hall–Kier alpha value is -2.10. The molecule has 0 aliphatic heterocycles. The van der Waals surface area contributed by atoms with Crippen LogP contribution in [-0.2, 0) is 31.9 Å². The Labute approximate surface area is 131 Å². The highest BCUT2D eigenvalue weighted by molar-refractivity contribution is 5.66. The number of carbonyl (C=O) groups excluding carboxylic acids is 2. The summed E-state index contributed by atoms with van der Waals surface area (Å²) in [6.07, 6.45) is 6.31. The van der Waals surface area contributed by atoms with Gasteiger partial charge < -0.3 is 9.47 Å². The van der Waals surface area contributed by atoms with Crippen LogP contribution in [-0.4, -0.2) is 24.1 Å². The molecule has 118 valence electrons. The van der Waals surface area contributed by atoms with Crippen LogP contribution in [0.4, 0.5) is 0 Å². The number of fused-ring (bicyclic) bond motifs is 1. The van der Waals surface area contributed by atoms with Crippen molar-refractivity contribution in [1.82, 2.24) is 0 Å². The van der Waals surface area contributed by atoms with Crippen LogP contribution in [0, 0.1) is 0 Å². The van der Waals surface area contributed by atoms with Crippen LogP contribution in [0.15, 0.2) is 36.4 Å². The molecule has 1 aliphatic carbocycles. The van der Waals surface area contributed by atoms with Gasteiger partial charge in [0.2, 0.25) is 0 Å². The molecule has 0 aromatic heterocycles. The molecular weight excluding hydrogens is 280 g/mol. The van der Waals surface area contributed by atoms with Gasteiger partial charge in [0.1, 0.15) is 12.2 Å². The minimum absolute atomic E-state index is 0.189. The van der Waals surface area contributed by atoms with E-state index in [1.807, 2.05) is 24.3 Å². The van der Waals surface area contributed by atoms with Gasteiger partial charge in [-0.15, -0.1) is 0 Å². The average molecular weight is 302 g/mol. The summed E-state index contributed by atoms with van der Waals surface area (Å²) in [7, 11) is 0. The Kier molecular flexibility index (Phi) is 5.75. The topological polar surface area (TPSA) is 52.6 Å². The zero-order valence-electron chi connectivity index (χ0n) is 13.1. The smallest absolute Gasteiger partial charge is 0.303 e. The largest absolute Gasteiger partial charge is 0.462 e. The Morgan fingerprint density at radius 2 is 1.73 bits per heavy atom. The van der Waals surface area contributed by atoms with Crippen LogP contribution in [0.25, 0.3) is 0 Å². The summed E-state index contributed by atoms with van der Waals surface area (Å²) in [5.41, 5.74) is 2.40. The Bertz CT molecular complexity index is 562. The molecule has 1 aromatic rings. The molecular formula is C18H22O4. The van der Waals surface area contributed by atoms with Crippen LogP contribution in [0.5, 0.6) is 0 Å². The van der Waals surface area contributed by atoms with Gasteiger partial charge in [0, 0.05) is 26.7 Å². The Morgan fingerprint density at radius 3 is 2.41 bits per heavy atom. The molecule has 0 saturated carbocycles. The van der Waals surface area contributed by atoms with Crippen molar-refractivity contribution in [3.63, 3.8) is 0 Å². The second-order valence-electron chi connectivity index (χ2n) is 5.55. The predicted molar refractivity (Wildman–Crippen MR) is 83.3 cm³/mol. The van der Waals surface area contributed by atoms with Crippen molar-refractivity contribution in [2.45, 2.75) is 51.7 Å². The zero-order chi connectivity index (χ0) is 15.9. The molecule has 1 aromatic carbocycles. The van der Waals surface area contributed by atoms with Gasteiger partial charge in [0.15, 0.2) is 0 Å². The lowest BCUT2D eigenvalue weighted by Crippen LogP contribution is -2.21. The maximum Gasteiger partial charge on any atom is 0.303 e. The fourth-order valence-corrected chi connectivity index (χ4v) is 2.74. The van der Waals surface area contributed by atoms with Crippen LogP contribution in [0.1, 0.15) is 37.8 Å². The van der Waals surface area contributed by atoms with Crippen molar-refractivity contribution in [1.29, 1.82) is 0 Å². The first kappa shape index (κ1) is 16.3. The van der Waals surface area contributed by atoms with Gasteiger partial charge in [0.05, 0.1) is 0 Å². The third-order valence-electron chi connectivity index (χ3n) is 3.66. The van der Waals surface area contributed by atoms with Gasteiger partial charge in [-0.2, -0.15) is 0 Å². The van der Waals surface area contributed by atoms with Gasteiger partial charge >= 0.3 is 11.9 Å². The van der Waals surface area contributed by atoms with Crippen LogP contribution in [0.2, 0.25) is 0 Å². The maximum absolute atomic E-state index is 11.3. The lowest BCUT2D eigenvalue weighted by Gasteiger charge is -2.21. The summed E-state index contributed by atoms with van der Waals surface area (Å²) in [5.74, 6) is -0.555. The summed E-state index contributed by atoms with van der Waals surface area (Å²) < 4.78 is 10.7. The van der Waals surface area contributed by atoms with E-state index < -0.39 is 0 Å². The van der Waals surface area contributed by atoms with Crippen molar-refractivity contribution in [2.24, 2.45) is 0 Å². The molecule has 0 N–H and O–H groups in total. The summed E-state index contributed by atoms with van der Waals surface area (Å²) in [6, 6.07) is 8.14. The molecule has 2 unspecified atom stereocenters. The molecule has 0 heterocycles. The number of carbonyl (C=O) groups is 2. The van der Waals surface area contributed by atoms with Crippen LogP contribution in [0.3, 0.4) is 0 Å². The lowest BCUT2D eigenvalue weighted by molar-refractivity contribution is -0.146. The first-order valence-electron chi connectivity index (χ1n) is 7.62. The average Bonchev–Trinajstić information content (AvgIpc) is 2.44. The third kappa shape index (κ3) is 5.02. The van der Waals surface area contributed by atoms with E-state index in [4.69, 9.17) is 9.47 Å². The molecule has 0 saturated heterocycles. The van der Waals surface area contributed by atoms with Crippen molar-refractivity contribution in [2.75, 3.05) is 0 Å². The lowest BCUT2D eigenvalue weighted by atomic mass is 9.94. The second kappa shape index (κ2) is 7.78. The van der Waals surface area contributed by atoms with Crippen molar-refractivity contribution in [3.8, 4) is 0 Å². The highest BCUT2D eigenvalue weighted by Gasteiger charge is 2.17. The van der Waals surface area contributed by atoms with Gasteiger partial charge in [0.25, 0.3) is 0 Å². The second-order valence-corrected chi connectivity index (χ2v) is 5.55. The zero-order valence-corrected chi connectivity index (χ0v) is 13.1. The SMILES string of the molecule is CC(=O)OC1C=CCC(OC(C)=O)Cc2ccccc2CC1. The fraction of sp³-hybridized carbons (Fsp3) is 0.444. The van der Waals surface area contributed by atoms with Gasteiger partial charge in [-0.05, 0) is 30.0 Å². The number of ether oxygens (including phenoxy) is 2. The maximum atomic E-state index is 11.3. The van der Waals surface area contributed by atoms with Crippen molar-refractivity contribution in [3.05, 3.63) is 47.5 Å². The van der Waals surface area contributed by atoms with Crippen molar-refractivity contribution >= 4 is 11.9 Å². The highest BCUT2D eigenvalue weighted by Crippen LogP contribution is 2.20. The minimum atomic E-state index is -0.281. The highest BCUT2D eigenvalue weighted by atomic mass is 16.5. The van der Waals surface area contributed by atoms with E-state index in [9.17, 15) is 9.59 Å². The van der Waals surface area contributed by atoms with Crippen LogP contribution >= 0.6 is 0 Å². The first-order valence-corrected chi connectivity index (χ1v) is 7.62. The standard InChI is InChI=1S/C18H22O4/c1-13(19)21-17-8-5-9-18(22-14(2)20)12-16-7-4-3-6-15(16)10-11-17/h3-8,17-18H,9-12H2,1-2H3. The summed E-state index contributed by atoms with van der Waals surface area (Å²) in [6.45, 7) is 2.85. The Morgan fingerprint density at radius 1 is 1.05 bits per heavy atom. The molecule has 0 bridgehead atoms. The fourth-order valence-electron chi connectivity index (χ4n) is 2.74. The van der Waals surface area contributed by atoms with E-state index in [0.717, 1.165) is 12.8 Å². The van der Waals surface area contributed by atoms with Crippen LogP contribution < -0.4 is 0 Å². The molecule has 2 atom stereocenters. The van der Waals surface area contributed by atoms with Gasteiger partial charge in [-0.25, -0.2) is 0 Å². The minimum Gasteiger partial charge on any atom is -0.462 e. The normalized spacial score (nSPS) is 21.5. The number of esters is 2. The summed E-state index contributed by atoms with van der Waals surface area (Å²) in [4.78, 5) is 22.5. The molecule has 4 nitrogen and oxygen atoms in total. The number of benzene rings is 1. The van der Waals surface area contributed by atoms with E-state index >= 15 is 0 Å². The van der Waals surface area contributed by atoms with E-state index in [1.165, 1.54) is 25.0 Å². The summed E-state index contributed by atoms with van der Waals surface area (Å²) >= 11 is 0. The quantitative estimate of drug-likeness (QED) is 0.622. The molecule has 22 heavy (non-hydrogen) atoms. The van der Waals surface area contributed by atoms with E-state index in [1.54, 1.807) is 0 Å². The van der Waals surface area contributed by atoms with Crippen molar-refractivity contribution < 1.29 is 19.1 Å². The Balaban J connectivity index is 2.21. The van der Waals surface area contributed by atoms with E-state index in [2.05, 4.69) is 12.1 Å². The molecule has 0 spiro atoms. The summed E-state index contributed by atoms with van der Waals surface area (Å²) in [5, 5.41) is 0. The molecule has 2 rings (SSSR count).